The predicted molar refractivity (Wildman–Crippen MR) is 127 cm³/mol. The second-order valence-corrected chi connectivity index (χ2v) is 9.43. The Morgan fingerprint density at radius 1 is 1.12 bits per heavy atom. The van der Waals surface area contributed by atoms with E-state index in [0.717, 1.165) is 61.4 Å². The van der Waals surface area contributed by atoms with Crippen molar-refractivity contribution >= 4 is 34.3 Å². The van der Waals surface area contributed by atoms with Crippen molar-refractivity contribution in [3.8, 4) is 0 Å². The van der Waals surface area contributed by atoms with Crippen LogP contribution in [-0.4, -0.2) is 63.4 Å². The smallest absolute Gasteiger partial charge is 0.230 e. The number of carbonyl (C=O) groups excluding carboxylic acids is 1. The van der Waals surface area contributed by atoms with Crippen LogP contribution in [0.3, 0.4) is 0 Å². The second-order valence-electron chi connectivity index (χ2n) is 9.43. The number of anilines is 3. The third-order valence-corrected chi connectivity index (χ3v) is 6.53. The topological polar surface area (TPSA) is 79.2 Å². The number of fused-ring (bicyclic) bond motifs is 3. The van der Waals surface area contributed by atoms with Crippen LogP contribution in [0.1, 0.15) is 49.6 Å². The molecule has 0 spiro atoms. The number of pyridine rings is 1. The van der Waals surface area contributed by atoms with Gasteiger partial charge in [0.05, 0.1) is 17.6 Å². The van der Waals surface area contributed by atoms with Gasteiger partial charge in [-0.3, -0.25) is 4.79 Å². The van der Waals surface area contributed by atoms with Gasteiger partial charge in [-0.2, -0.15) is 4.98 Å². The average molecular weight is 434 g/mol. The Morgan fingerprint density at radius 2 is 1.94 bits per heavy atom. The van der Waals surface area contributed by atoms with Crippen molar-refractivity contribution in [1.29, 1.82) is 0 Å². The molecule has 1 saturated heterocycles. The minimum atomic E-state index is 0.193. The zero-order valence-corrected chi connectivity index (χ0v) is 19.1. The summed E-state index contributed by atoms with van der Waals surface area (Å²) in [4.78, 5) is 31.1. The van der Waals surface area contributed by atoms with E-state index in [1.54, 1.807) is 6.20 Å². The van der Waals surface area contributed by atoms with Crippen LogP contribution in [0.25, 0.3) is 11.0 Å². The van der Waals surface area contributed by atoms with Gasteiger partial charge in [0.2, 0.25) is 5.95 Å². The van der Waals surface area contributed by atoms with Crippen LogP contribution in [0.2, 0.25) is 0 Å². The van der Waals surface area contributed by atoms with Crippen molar-refractivity contribution < 1.29 is 4.79 Å². The molecular weight excluding hydrogens is 402 g/mol. The number of hydrogen-bond donors (Lipinski definition) is 1. The van der Waals surface area contributed by atoms with E-state index >= 15 is 0 Å². The molecule has 3 aromatic heterocycles. The lowest BCUT2D eigenvalue weighted by Crippen LogP contribution is -2.44. The number of hydrogen-bond acceptors (Lipinski definition) is 7. The summed E-state index contributed by atoms with van der Waals surface area (Å²) in [6, 6.07) is 6.30. The quantitative estimate of drug-likeness (QED) is 0.654. The van der Waals surface area contributed by atoms with Gasteiger partial charge in [0.1, 0.15) is 11.5 Å². The molecule has 0 bridgehead atoms. The van der Waals surface area contributed by atoms with Crippen molar-refractivity contribution in [1.82, 2.24) is 24.4 Å². The first kappa shape index (κ1) is 20.9. The van der Waals surface area contributed by atoms with Crippen molar-refractivity contribution in [2.45, 2.75) is 39.2 Å². The van der Waals surface area contributed by atoms with Gasteiger partial charge in [-0.05, 0) is 44.0 Å². The fourth-order valence-corrected chi connectivity index (χ4v) is 4.80. The zero-order chi connectivity index (χ0) is 22.2. The number of aromatic nitrogens is 4. The molecule has 0 aromatic carbocycles. The van der Waals surface area contributed by atoms with E-state index in [1.165, 1.54) is 0 Å². The summed E-state index contributed by atoms with van der Waals surface area (Å²) < 4.78 is 2.14. The first-order valence-corrected chi connectivity index (χ1v) is 11.6. The highest BCUT2D eigenvalue weighted by Gasteiger charge is 2.28. The lowest BCUT2D eigenvalue weighted by Gasteiger charge is -2.33. The summed E-state index contributed by atoms with van der Waals surface area (Å²) in [6.45, 7) is 8.61. The molecule has 1 fully saturated rings. The number of nitrogens with one attached hydrogen (secondary N) is 1. The first-order valence-electron chi connectivity index (χ1n) is 11.6. The maximum Gasteiger partial charge on any atom is 0.230 e. The third-order valence-electron chi connectivity index (χ3n) is 6.53. The lowest BCUT2D eigenvalue weighted by molar-refractivity contribution is 0.0939. The molecule has 1 atom stereocenters. The number of carbonyl (C=O) groups is 1. The van der Waals surface area contributed by atoms with Gasteiger partial charge in [-0.1, -0.05) is 13.8 Å². The molecule has 1 N–H and O–H groups in total. The molecule has 0 aliphatic carbocycles. The van der Waals surface area contributed by atoms with Crippen molar-refractivity contribution in [3.05, 3.63) is 36.3 Å². The Bertz CT molecular complexity index is 1110. The molecule has 5 heterocycles. The molecule has 32 heavy (non-hydrogen) atoms. The van der Waals surface area contributed by atoms with Crippen molar-refractivity contribution in [2.75, 3.05) is 43.4 Å². The Balaban J connectivity index is 1.39. The maximum atomic E-state index is 12.5. The molecule has 5 rings (SSSR count). The average Bonchev–Trinajstić information content (AvgIpc) is 3.17. The number of likely N-dealkylation sites (N-methyl/N-ethyl adjacent to an activating group) is 1. The summed E-state index contributed by atoms with van der Waals surface area (Å²) >= 11 is 0. The largest absolute Gasteiger partial charge is 0.368 e. The fourth-order valence-electron chi connectivity index (χ4n) is 4.80. The summed E-state index contributed by atoms with van der Waals surface area (Å²) in [5, 5.41) is 4.15. The highest BCUT2D eigenvalue weighted by molar-refractivity contribution is 6.00. The Kier molecular flexibility index (Phi) is 5.55. The van der Waals surface area contributed by atoms with E-state index in [-0.39, 0.29) is 5.78 Å². The van der Waals surface area contributed by atoms with Gasteiger partial charge in [0, 0.05) is 50.2 Å². The van der Waals surface area contributed by atoms with Crippen LogP contribution in [-0.2, 0) is 0 Å². The number of rotatable bonds is 5. The van der Waals surface area contributed by atoms with E-state index < -0.39 is 0 Å². The number of Topliss-reactive ketones (excluding diaryl/α,β-unsaturated/α-hetero) is 1. The van der Waals surface area contributed by atoms with Crippen LogP contribution < -0.4 is 10.2 Å². The number of nitrogens with zero attached hydrogens (tertiary/aromatic N) is 6. The van der Waals surface area contributed by atoms with Gasteiger partial charge in [-0.15, -0.1) is 0 Å². The van der Waals surface area contributed by atoms with E-state index in [2.05, 4.69) is 56.6 Å². The molecule has 0 amide bonds. The van der Waals surface area contributed by atoms with Crippen LogP contribution in [0.15, 0.2) is 30.6 Å². The standard InChI is InChI=1S/C24H31N7O/c1-16(2)12-18-4-6-21(32)20-13-17-14-26-24(28-23(17)31(18)20)27-22-7-5-19(15-25-22)30-10-8-29(3)9-11-30/h5,7,13-16,18H,4,6,8-12H2,1-3H3,(H,25,26,27,28)/t18-/m0/s1. The SMILES string of the molecule is CC(C)C[C@@H]1CCC(=O)c2cc3cnc(Nc4ccc(N5CCN(C)CC5)cn4)nc3n21. The molecule has 168 valence electrons. The summed E-state index contributed by atoms with van der Waals surface area (Å²) in [7, 11) is 2.16. The molecule has 0 unspecified atom stereocenters. The van der Waals surface area contributed by atoms with Crippen LogP contribution in [0.5, 0.6) is 0 Å². The second kappa shape index (κ2) is 8.50. The minimum Gasteiger partial charge on any atom is -0.368 e. The molecule has 2 aliphatic heterocycles. The van der Waals surface area contributed by atoms with E-state index in [0.29, 0.717) is 30.1 Å². The monoisotopic (exact) mass is 433 g/mol. The summed E-state index contributed by atoms with van der Waals surface area (Å²) in [5.41, 5.74) is 2.72. The van der Waals surface area contributed by atoms with Gasteiger partial charge in [0.25, 0.3) is 0 Å². The molecule has 2 aliphatic rings. The van der Waals surface area contributed by atoms with Gasteiger partial charge < -0.3 is 19.7 Å². The van der Waals surface area contributed by atoms with E-state index in [4.69, 9.17) is 4.98 Å². The summed E-state index contributed by atoms with van der Waals surface area (Å²) in [5.74, 6) is 1.96. The van der Waals surface area contributed by atoms with Crippen LogP contribution in [0, 0.1) is 5.92 Å². The van der Waals surface area contributed by atoms with Crippen LogP contribution in [0.4, 0.5) is 17.5 Å². The predicted octanol–water partition coefficient (Wildman–Crippen LogP) is 3.89. The van der Waals surface area contributed by atoms with Crippen LogP contribution >= 0.6 is 0 Å². The third kappa shape index (κ3) is 4.07. The van der Waals surface area contributed by atoms with Crippen molar-refractivity contribution in [2.24, 2.45) is 5.92 Å². The Morgan fingerprint density at radius 3 is 2.66 bits per heavy atom. The molecule has 0 radical (unpaired) electrons. The van der Waals surface area contributed by atoms with Gasteiger partial charge in [0.15, 0.2) is 5.78 Å². The van der Waals surface area contributed by atoms with Gasteiger partial charge in [-0.25, -0.2) is 9.97 Å². The molecule has 8 nitrogen and oxygen atoms in total. The van der Waals surface area contributed by atoms with E-state index in [9.17, 15) is 4.79 Å². The highest BCUT2D eigenvalue weighted by atomic mass is 16.1. The number of ketones is 1. The molecular formula is C24H31N7O. The highest BCUT2D eigenvalue weighted by Crippen LogP contribution is 2.35. The fraction of sp³-hybridized carbons (Fsp3) is 0.500. The Hall–Kier alpha value is -3.00. The van der Waals surface area contributed by atoms with Crippen molar-refractivity contribution in [3.63, 3.8) is 0 Å². The van der Waals surface area contributed by atoms with Gasteiger partial charge >= 0.3 is 0 Å². The maximum absolute atomic E-state index is 12.5. The molecule has 3 aromatic rings. The normalized spacial score (nSPS) is 19.6. The van der Waals surface area contributed by atoms with E-state index in [1.807, 2.05) is 18.3 Å². The summed E-state index contributed by atoms with van der Waals surface area (Å²) in [6.07, 6.45) is 6.22. The Labute approximate surface area is 188 Å². The first-order chi connectivity index (χ1) is 15.5. The molecule has 8 heteroatoms. The lowest BCUT2D eigenvalue weighted by atomic mass is 9.94. The molecule has 0 saturated carbocycles. The zero-order valence-electron chi connectivity index (χ0n) is 19.1. The minimum absolute atomic E-state index is 0.193. The number of piperazine rings is 1.